The summed E-state index contributed by atoms with van der Waals surface area (Å²) in [6.07, 6.45) is 3.06. The number of halogens is 3. The number of nitrogens with one attached hydrogen (secondary N) is 2. The van der Waals surface area contributed by atoms with Gasteiger partial charge in [-0.05, 0) is 35.9 Å². The Labute approximate surface area is 153 Å². The average molecular weight is 376 g/mol. The van der Waals surface area contributed by atoms with Gasteiger partial charge in [-0.1, -0.05) is 23.7 Å². The molecule has 0 spiro atoms. The second-order valence-electron chi connectivity index (χ2n) is 5.18. The van der Waals surface area contributed by atoms with Crippen molar-refractivity contribution in [2.45, 2.75) is 0 Å². The number of hydrogen-bond donors (Lipinski definition) is 2. The van der Waals surface area contributed by atoms with E-state index in [2.05, 4.69) is 25.5 Å². The fraction of sp³-hybridized carbons (Fsp3) is 0. The van der Waals surface area contributed by atoms with E-state index < -0.39 is 0 Å². The summed E-state index contributed by atoms with van der Waals surface area (Å²) in [7, 11) is 0. The minimum absolute atomic E-state index is 0. The van der Waals surface area contributed by atoms with Gasteiger partial charge in [0.05, 0.1) is 6.20 Å². The van der Waals surface area contributed by atoms with Gasteiger partial charge in [0.25, 0.3) is 0 Å². The molecule has 0 radical (unpaired) electrons. The third-order valence-corrected chi connectivity index (χ3v) is 3.84. The van der Waals surface area contributed by atoms with Crippen LogP contribution in [0.5, 0.6) is 0 Å². The van der Waals surface area contributed by atoms with E-state index >= 15 is 0 Å². The number of fused-ring (bicyclic) bond motifs is 1. The smallest absolute Gasteiger partial charge is 0.159 e. The van der Waals surface area contributed by atoms with Crippen LogP contribution in [0.1, 0.15) is 0 Å². The van der Waals surface area contributed by atoms with Crippen molar-refractivity contribution < 1.29 is 4.39 Å². The van der Waals surface area contributed by atoms with Gasteiger partial charge in [0, 0.05) is 16.3 Å². The zero-order valence-corrected chi connectivity index (χ0v) is 14.3. The Morgan fingerprint density at radius 2 is 1.96 bits per heavy atom. The van der Waals surface area contributed by atoms with Gasteiger partial charge < -0.3 is 5.32 Å². The van der Waals surface area contributed by atoms with Crippen LogP contribution in [0, 0.1) is 5.82 Å². The van der Waals surface area contributed by atoms with Crippen molar-refractivity contribution >= 4 is 46.5 Å². The first kappa shape index (κ1) is 17.1. The van der Waals surface area contributed by atoms with Gasteiger partial charge in [-0.15, -0.1) is 12.4 Å². The Morgan fingerprint density at radius 3 is 2.80 bits per heavy atom. The maximum Gasteiger partial charge on any atom is 0.159 e. The summed E-state index contributed by atoms with van der Waals surface area (Å²) in [5, 5.41) is 10.5. The molecule has 4 aromatic rings. The van der Waals surface area contributed by atoms with Crippen molar-refractivity contribution in [2.24, 2.45) is 0 Å². The van der Waals surface area contributed by atoms with Gasteiger partial charge in [0.1, 0.15) is 23.2 Å². The molecule has 0 atom stereocenters. The third-order valence-electron chi connectivity index (χ3n) is 3.60. The number of hydrogen-bond acceptors (Lipinski definition) is 4. The lowest BCUT2D eigenvalue weighted by atomic mass is 10.0. The fourth-order valence-electron chi connectivity index (χ4n) is 2.48. The first-order valence-electron chi connectivity index (χ1n) is 7.17. The summed E-state index contributed by atoms with van der Waals surface area (Å²) in [4.78, 5) is 8.32. The zero-order valence-electron chi connectivity index (χ0n) is 12.7. The van der Waals surface area contributed by atoms with E-state index in [1.807, 2.05) is 6.07 Å². The second kappa shape index (κ2) is 7.04. The summed E-state index contributed by atoms with van der Waals surface area (Å²) >= 11 is 6.00. The Bertz CT molecular complexity index is 1030. The number of benzene rings is 2. The van der Waals surface area contributed by atoms with Crippen LogP contribution in [0.15, 0.2) is 55.0 Å². The molecule has 5 nitrogen and oxygen atoms in total. The first-order chi connectivity index (χ1) is 11.7. The molecule has 0 aliphatic carbocycles. The molecule has 0 aliphatic heterocycles. The summed E-state index contributed by atoms with van der Waals surface area (Å²) in [5.74, 6) is 0.248. The highest BCUT2D eigenvalue weighted by Crippen LogP contribution is 2.29. The maximum absolute atomic E-state index is 14.2. The van der Waals surface area contributed by atoms with Crippen LogP contribution in [0.4, 0.5) is 15.9 Å². The van der Waals surface area contributed by atoms with Crippen LogP contribution >= 0.6 is 24.0 Å². The van der Waals surface area contributed by atoms with E-state index in [4.69, 9.17) is 11.6 Å². The van der Waals surface area contributed by atoms with E-state index in [0.29, 0.717) is 38.7 Å². The maximum atomic E-state index is 14.2. The zero-order chi connectivity index (χ0) is 16.5. The lowest BCUT2D eigenvalue weighted by Crippen LogP contribution is -1.97. The molecule has 2 aromatic heterocycles. The standard InChI is InChI=1S/C17H11ClFN5.ClH/c18-11-3-1-2-10(6-11)13-7-12(4-5-14(13)19)23-17-16-15(8-22-24-16)20-9-21-17;/h1-9H,(H,22,24)(H,20,21,23);1H. The van der Waals surface area contributed by atoms with Gasteiger partial charge in [-0.3, -0.25) is 5.10 Å². The highest BCUT2D eigenvalue weighted by Gasteiger charge is 2.10. The molecule has 0 aliphatic rings. The Balaban J connectivity index is 0.00000182. The van der Waals surface area contributed by atoms with Gasteiger partial charge in [0.15, 0.2) is 5.82 Å². The van der Waals surface area contributed by atoms with Gasteiger partial charge in [-0.25, -0.2) is 14.4 Å². The van der Waals surface area contributed by atoms with Crippen LogP contribution in [0.25, 0.3) is 22.2 Å². The molecule has 4 rings (SSSR count). The van der Waals surface area contributed by atoms with Crippen molar-refractivity contribution in [1.29, 1.82) is 0 Å². The van der Waals surface area contributed by atoms with Crippen molar-refractivity contribution in [3.63, 3.8) is 0 Å². The summed E-state index contributed by atoms with van der Waals surface area (Å²) < 4.78 is 14.2. The highest BCUT2D eigenvalue weighted by atomic mass is 35.5. The molecule has 0 saturated heterocycles. The number of H-pyrrole nitrogens is 1. The van der Waals surface area contributed by atoms with Crippen LogP contribution in [0.2, 0.25) is 5.02 Å². The second-order valence-corrected chi connectivity index (χ2v) is 5.62. The molecule has 2 heterocycles. The van der Waals surface area contributed by atoms with Crippen LogP contribution in [-0.2, 0) is 0 Å². The van der Waals surface area contributed by atoms with Crippen molar-refractivity contribution in [1.82, 2.24) is 20.2 Å². The molecule has 0 amide bonds. The largest absolute Gasteiger partial charge is 0.338 e. The highest BCUT2D eigenvalue weighted by molar-refractivity contribution is 6.30. The fourth-order valence-corrected chi connectivity index (χ4v) is 2.67. The lowest BCUT2D eigenvalue weighted by Gasteiger charge is -2.10. The average Bonchev–Trinajstić information content (AvgIpc) is 3.06. The Morgan fingerprint density at radius 1 is 1.08 bits per heavy atom. The molecular weight excluding hydrogens is 364 g/mol. The van der Waals surface area contributed by atoms with Crippen LogP contribution in [-0.4, -0.2) is 20.2 Å². The molecule has 0 fully saturated rings. The molecule has 2 aromatic carbocycles. The molecule has 2 N–H and O–H groups in total. The SMILES string of the molecule is Cl.Fc1ccc(Nc2ncnc3cn[nH]c23)cc1-c1cccc(Cl)c1. The third kappa shape index (κ3) is 3.40. The topological polar surface area (TPSA) is 66.5 Å². The molecule has 0 unspecified atom stereocenters. The molecule has 0 saturated carbocycles. The van der Waals surface area contributed by atoms with Crippen molar-refractivity contribution in [3.8, 4) is 11.1 Å². The molecule has 0 bridgehead atoms. The molecular formula is C17H12Cl2FN5. The quantitative estimate of drug-likeness (QED) is 0.529. The Kier molecular flexibility index (Phi) is 4.83. The minimum Gasteiger partial charge on any atom is -0.338 e. The summed E-state index contributed by atoms with van der Waals surface area (Å²) in [6, 6.07) is 11.8. The Hall–Kier alpha value is -2.70. The van der Waals surface area contributed by atoms with Crippen LogP contribution < -0.4 is 5.32 Å². The van der Waals surface area contributed by atoms with Crippen LogP contribution in [0.3, 0.4) is 0 Å². The van der Waals surface area contributed by atoms with E-state index in [-0.39, 0.29) is 18.2 Å². The minimum atomic E-state index is -0.322. The number of anilines is 2. The van der Waals surface area contributed by atoms with Crippen molar-refractivity contribution in [3.05, 3.63) is 65.8 Å². The number of aromatic nitrogens is 4. The number of nitrogens with zero attached hydrogens (tertiary/aromatic N) is 3. The molecule has 8 heteroatoms. The summed E-state index contributed by atoms with van der Waals surface area (Å²) in [5.41, 5.74) is 3.24. The van der Waals surface area contributed by atoms with Gasteiger partial charge in [0.2, 0.25) is 0 Å². The predicted molar refractivity (Wildman–Crippen MR) is 99.1 cm³/mol. The lowest BCUT2D eigenvalue weighted by molar-refractivity contribution is 0.631. The predicted octanol–water partition coefficient (Wildman–Crippen LogP) is 4.98. The van der Waals surface area contributed by atoms with E-state index in [1.165, 1.54) is 12.4 Å². The molecule has 126 valence electrons. The number of aromatic amines is 1. The van der Waals surface area contributed by atoms with Gasteiger partial charge >= 0.3 is 0 Å². The summed E-state index contributed by atoms with van der Waals surface area (Å²) in [6.45, 7) is 0. The monoisotopic (exact) mass is 375 g/mol. The van der Waals surface area contributed by atoms with Gasteiger partial charge in [-0.2, -0.15) is 5.10 Å². The van der Waals surface area contributed by atoms with Crippen molar-refractivity contribution in [2.75, 3.05) is 5.32 Å². The number of rotatable bonds is 3. The molecule has 25 heavy (non-hydrogen) atoms. The van der Waals surface area contributed by atoms with E-state index in [0.717, 1.165) is 0 Å². The first-order valence-corrected chi connectivity index (χ1v) is 7.55. The normalized spacial score (nSPS) is 10.5. The van der Waals surface area contributed by atoms with E-state index in [9.17, 15) is 4.39 Å². The van der Waals surface area contributed by atoms with E-state index in [1.54, 1.807) is 36.5 Å².